The lowest BCUT2D eigenvalue weighted by Crippen LogP contribution is -1.91. The molecule has 0 atom stereocenters. The average Bonchev–Trinajstić information content (AvgIpc) is 2.97. The Morgan fingerprint density at radius 1 is 1.15 bits per heavy atom. The van der Waals surface area contributed by atoms with Crippen LogP contribution in [0.3, 0.4) is 0 Å². The third-order valence-corrected chi connectivity index (χ3v) is 2.52. The molecule has 7 heteroatoms. The molecule has 0 saturated carbocycles. The standard InChI is InChI=1S/C13H8N6O/c14-8-11-12(18-19-17-11)9-3-1-4-10(7-9)20-13-15-5-2-6-16-13/h1-7H,(H,17,18,19). The van der Waals surface area contributed by atoms with E-state index in [0.29, 0.717) is 17.1 Å². The lowest BCUT2D eigenvalue weighted by Gasteiger charge is -2.04. The number of aromatic nitrogens is 5. The molecule has 2 aromatic heterocycles. The average molecular weight is 264 g/mol. The quantitative estimate of drug-likeness (QED) is 0.775. The molecular weight excluding hydrogens is 256 g/mol. The number of aromatic amines is 1. The summed E-state index contributed by atoms with van der Waals surface area (Å²) in [6.45, 7) is 0. The van der Waals surface area contributed by atoms with E-state index in [-0.39, 0.29) is 6.01 Å². The Morgan fingerprint density at radius 3 is 2.80 bits per heavy atom. The predicted molar refractivity (Wildman–Crippen MR) is 68.6 cm³/mol. The highest BCUT2D eigenvalue weighted by molar-refractivity contribution is 5.65. The predicted octanol–water partition coefficient (Wildman–Crippen LogP) is 1.93. The molecule has 0 aliphatic carbocycles. The maximum atomic E-state index is 8.96. The van der Waals surface area contributed by atoms with Crippen LogP contribution < -0.4 is 4.74 Å². The summed E-state index contributed by atoms with van der Waals surface area (Å²) >= 11 is 0. The fourth-order valence-corrected chi connectivity index (χ4v) is 1.66. The molecule has 0 radical (unpaired) electrons. The van der Waals surface area contributed by atoms with Crippen LogP contribution in [-0.2, 0) is 0 Å². The molecule has 3 aromatic rings. The van der Waals surface area contributed by atoms with Gasteiger partial charge in [-0.3, -0.25) is 0 Å². The molecule has 2 heterocycles. The Bertz CT molecular complexity index is 762. The van der Waals surface area contributed by atoms with E-state index in [0.717, 1.165) is 5.56 Å². The van der Waals surface area contributed by atoms with Gasteiger partial charge in [-0.2, -0.15) is 5.26 Å². The van der Waals surface area contributed by atoms with Crippen molar-refractivity contribution in [3.05, 3.63) is 48.4 Å². The summed E-state index contributed by atoms with van der Waals surface area (Å²) in [5, 5.41) is 19.0. The van der Waals surface area contributed by atoms with Crippen molar-refractivity contribution in [2.24, 2.45) is 0 Å². The smallest absolute Gasteiger partial charge is 0.321 e. The zero-order chi connectivity index (χ0) is 13.8. The van der Waals surface area contributed by atoms with Crippen molar-refractivity contribution in [1.82, 2.24) is 25.4 Å². The number of nitriles is 1. The van der Waals surface area contributed by atoms with E-state index in [1.165, 1.54) is 0 Å². The zero-order valence-electron chi connectivity index (χ0n) is 10.2. The Morgan fingerprint density at radius 2 is 2.00 bits per heavy atom. The molecule has 1 aromatic carbocycles. The van der Waals surface area contributed by atoms with Gasteiger partial charge in [-0.15, -0.1) is 5.10 Å². The molecule has 7 nitrogen and oxygen atoms in total. The fourth-order valence-electron chi connectivity index (χ4n) is 1.66. The maximum Gasteiger partial charge on any atom is 0.321 e. The second-order valence-corrected chi connectivity index (χ2v) is 3.81. The van der Waals surface area contributed by atoms with Gasteiger partial charge in [0.1, 0.15) is 17.5 Å². The molecule has 1 N–H and O–H groups in total. The number of H-pyrrole nitrogens is 1. The monoisotopic (exact) mass is 264 g/mol. The molecule has 3 rings (SSSR count). The highest BCUT2D eigenvalue weighted by Crippen LogP contribution is 2.25. The minimum atomic E-state index is 0.255. The van der Waals surface area contributed by atoms with Gasteiger partial charge in [0.15, 0.2) is 5.69 Å². The van der Waals surface area contributed by atoms with Crippen LogP contribution in [0.2, 0.25) is 0 Å². The molecule has 0 spiro atoms. The highest BCUT2D eigenvalue weighted by atomic mass is 16.5. The van der Waals surface area contributed by atoms with Crippen LogP contribution in [0.15, 0.2) is 42.7 Å². The Labute approximate surface area is 113 Å². The largest absolute Gasteiger partial charge is 0.424 e. The van der Waals surface area contributed by atoms with Gasteiger partial charge in [-0.05, 0) is 18.2 Å². The number of nitrogens with zero attached hydrogens (tertiary/aromatic N) is 5. The van der Waals surface area contributed by atoms with E-state index in [1.807, 2.05) is 12.1 Å². The summed E-state index contributed by atoms with van der Waals surface area (Å²) in [5.74, 6) is 0.556. The number of hydrogen-bond acceptors (Lipinski definition) is 6. The van der Waals surface area contributed by atoms with Crippen molar-refractivity contribution in [3.63, 3.8) is 0 Å². The van der Waals surface area contributed by atoms with E-state index in [4.69, 9.17) is 10.00 Å². The minimum Gasteiger partial charge on any atom is -0.424 e. The van der Waals surface area contributed by atoms with Crippen LogP contribution in [0.4, 0.5) is 0 Å². The van der Waals surface area contributed by atoms with Crippen molar-refractivity contribution in [2.45, 2.75) is 0 Å². The second-order valence-electron chi connectivity index (χ2n) is 3.81. The molecule has 0 amide bonds. The van der Waals surface area contributed by atoms with Gasteiger partial charge in [-0.1, -0.05) is 17.3 Å². The third-order valence-electron chi connectivity index (χ3n) is 2.52. The normalized spacial score (nSPS) is 9.95. The van der Waals surface area contributed by atoms with Crippen molar-refractivity contribution in [3.8, 4) is 29.1 Å². The zero-order valence-corrected chi connectivity index (χ0v) is 10.2. The van der Waals surface area contributed by atoms with E-state index < -0.39 is 0 Å². The summed E-state index contributed by atoms with van der Waals surface area (Å²) < 4.78 is 5.53. The molecule has 0 bridgehead atoms. The van der Waals surface area contributed by atoms with Gasteiger partial charge in [0.25, 0.3) is 0 Å². The van der Waals surface area contributed by atoms with Gasteiger partial charge in [-0.25, -0.2) is 15.1 Å². The number of hydrogen-bond donors (Lipinski definition) is 1. The number of ether oxygens (including phenoxy) is 1. The van der Waals surface area contributed by atoms with Crippen LogP contribution in [0.25, 0.3) is 11.3 Å². The summed E-state index contributed by atoms with van der Waals surface area (Å²) in [4.78, 5) is 7.96. The van der Waals surface area contributed by atoms with Crippen LogP contribution in [-0.4, -0.2) is 25.4 Å². The van der Waals surface area contributed by atoms with Crippen LogP contribution in [0.5, 0.6) is 11.8 Å². The van der Waals surface area contributed by atoms with Crippen molar-refractivity contribution in [2.75, 3.05) is 0 Å². The van der Waals surface area contributed by atoms with Crippen molar-refractivity contribution in [1.29, 1.82) is 5.26 Å². The minimum absolute atomic E-state index is 0.255. The SMILES string of the molecule is N#Cc1[nH]nnc1-c1cccc(Oc2ncccn2)c1. The maximum absolute atomic E-state index is 8.96. The molecule has 0 aliphatic rings. The first-order valence-electron chi connectivity index (χ1n) is 5.73. The first kappa shape index (κ1) is 11.8. The molecule has 0 saturated heterocycles. The molecule has 96 valence electrons. The Kier molecular flexibility index (Phi) is 3.04. The topological polar surface area (TPSA) is 100 Å². The molecule has 0 fully saturated rings. The summed E-state index contributed by atoms with van der Waals surface area (Å²) in [6.07, 6.45) is 3.19. The van der Waals surface area contributed by atoms with Gasteiger partial charge in [0.2, 0.25) is 0 Å². The summed E-state index contributed by atoms with van der Waals surface area (Å²) in [7, 11) is 0. The van der Waals surface area contributed by atoms with Crippen LogP contribution in [0, 0.1) is 11.3 Å². The molecule has 0 aliphatic heterocycles. The number of rotatable bonds is 3. The first-order valence-corrected chi connectivity index (χ1v) is 5.73. The second kappa shape index (κ2) is 5.16. The Balaban J connectivity index is 1.93. The highest BCUT2D eigenvalue weighted by Gasteiger charge is 2.10. The van der Waals surface area contributed by atoms with Crippen LogP contribution >= 0.6 is 0 Å². The van der Waals surface area contributed by atoms with E-state index >= 15 is 0 Å². The Hall–Kier alpha value is -3.27. The number of benzene rings is 1. The lowest BCUT2D eigenvalue weighted by atomic mass is 10.1. The van der Waals surface area contributed by atoms with E-state index in [1.54, 1.807) is 36.7 Å². The third kappa shape index (κ3) is 2.30. The lowest BCUT2D eigenvalue weighted by molar-refractivity contribution is 0.442. The first-order chi connectivity index (χ1) is 9.86. The molecule has 20 heavy (non-hydrogen) atoms. The van der Waals surface area contributed by atoms with E-state index in [2.05, 4.69) is 25.4 Å². The van der Waals surface area contributed by atoms with Crippen molar-refractivity contribution < 1.29 is 4.74 Å². The van der Waals surface area contributed by atoms with E-state index in [9.17, 15) is 0 Å². The number of nitrogens with one attached hydrogen (secondary N) is 1. The van der Waals surface area contributed by atoms with Gasteiger partial charge in [0, 0.05) is 18.0 Å². The summed E-state index contributed by atoms with van der Waals surface area (Å²) in [5.41, 5.74) is 1.51. The van der Waals surface area contributed by atoms with Crippen molar-refractivity contribution >= 4 is 0 Å². The molecular formula is C13H8N6O. The molecule has 0 unspecified atom stereocenters. The summed E-state index contributed by atoms with van der Waals surface area (Å²) in [6, 6.07) is 11.1. The van der Waals surface area contributed by atoms with Gasteiger partial charge >= 0.3 is 6.01 Å². The van der Waals surface area contributed by atoms with Gasteiger partial charge in [0.05, 0.1) is 0 Å². The van der Waals surface area contributed by atoms with Crippen LogP contribution in [0.1, 0.15) is 5.69 Å². The van der Waals surface area contributed by atoms with Gasteiger partial charge < -0.3 is 4.74 Å². The fraction of sp³-hybridized carbons (Fsp3) is 0.